The molecule has 1 aliphatic heterocycles. The van der Waals surface area contributed by atoms with Crippen LogP contribution in [0, 0.1) is 6.92 Å². The van der Waals surface area contributed by atoms with Crippen molar-refractivity contribution in [3.8, 4) is 0 Å². The van der Waals surface area contributed by atoms with Gasteiger partial charge in [0.05, 0.1) is 0 Å². The SMILES string of the molecule is Cc1cc(CS(=O)(=O)N[C@H]2CCNC2)no1. The summed E-state index contributed by atoms with van der Waals surface area (Å²) in [5.74, 6) is 0.494. The van der Waals surface area contributed by atoms with E-state index >= 15 is 0 Å². The van der Waals surface area contributed by atoms with E-state index in [0.29, 0.717) is 18.0 Å². The Morgan fingerprint density at radius 1 is 1.69 bits per heavy atom. The van der Waals surface area contributed by atoms with Gasteiger partial charge in [0.25, 0.3) is 0 Å². The highest BCUT2D eigenvalue weighted by Crippen LogP contribution is 2.07. The second-order valence-corrected chi connectivity index (χ2v) is 5.75. The molecule has 2 rings (SSSR count). The van der Waals surface area contributed by atoms with Crippen molar-refractivity contribution >= 4 is 10.0 Å². The van der Waals surface area contributed by atoms with Gasteiger partial charge in [0.15, 0.2) is 0 Å². The molecule has 2 heterocycles. The van der Waals surface area contributed by atoms with E-state index in [4.69, 9.17) is 4.52 Å². The lowest BCUT2D eigenvalue weighted by molar-refractivity contribution is 0.392. The van der Waals surface area contributed by atoms with Crippen molar-refractivity contribution in [3.63, 3.8) is 0 Å². The summed E-state index contributed by atoms with van der Waals surface area (Å²) < 4.78 is 31.0. The topological polar surface area (TPSA) is 84.2 Å². The van der Waals surface area contributed by atoms with Crippen LogP contribution >= 0.6 is 0 Å². The van der Waals surface area contributed by atoms with Gasteiger partial charge >= 0.3 is 0 Å². The quantitative estimate of drug-likeness (QED) is 0.765. The number of nitrogens with zero attached hydrogens (tertiary/aromatic N) is 1. The molecule has 0 amide bonds. The van der Waals surface area contributed by atoms with Gasteiger partial charge in [-0.05, 0) is 19.9 Å². The minimum absolute atomic E-state index is 0.00185. The third-order valence-electron chi connectivity index (χ3n) is 2.42. The predicted molar refractivity (Wildman–Crippen MR) is 58.3 cm³/mol. The summed E-state index contributed by atoms with van der Waals surface area (Å²) in [6.45, 7) is 3.28. The summed E-state index contributed by atoms with van der Waals surface area (Å²) in [4.78, 5) is 0. The molecule has 0 aromatic carbocycles. The molecule has 1 aromatic heterocycles. The lowest BCUT2D eigenvalue weighted by Crippen LogP contribution is -2.36. The standard InChI is InChI=1S/C9H15N3O3S/c1-7-4-9(11-15-7)6-16(13,14)12-8-2-3-10-5-8/h4,8,10,12H,2-3,5-6H2,1H3/t8-/m0/s1. The van der Waals surface area contributed by atoms with Crippen LogP contribution in [0.5, 0.6) is 0 Å². The van der Waals surface area contributed by atoms with Crippen LogP contribution in [-0.2, 0) is 15.8 Å². The van der Waals surface area contributed by atoms with Gasteiger partial charge in [-0.25, -0.2) is 13.1 Å². The van der Waals surface area contributed by atoms with Crippen molar-refractivity contribution in [1.82, 2.24) is 15.2 Å². The largest absolute Gasteiger partial charge is 0.361 e. The van der Waals surface area contributed by atoms with Crippen LogP contribution in [-0.4, -0.2) is 32.7 Å². The first-order chi connectivity index (χ1) is 7.55. The van der Waals surface area contributed by atoms with Crippen molar-refractivity contribution < 1.29 is 12.9 Å². The van der Waals surface area contributed by atoms with E-state index in [-0.39, 0.29) is 11.8 Å². The molecule has 2 N–H and O–H groups in total. The molecule has 0 unspecified atom stereocenters. The molecule has 1 saturated heterocycles. The highest BCUT2D eigenvalue weighted by molar-refractivity contribution is 7.88. The summed E-state index contributed by atoms with van der Waals surface area (Å²) >= 11 is 0. The van der Waals surface area contributed by atoms with Crippen molar-refractivity contribution in [2.75, 3.05) is 13.1 Å². The van der Waals surface area contributed by atoms with E-state index in [2.05, 4.69) is 15.2 Å². The molecule has 0 radical (unpaired) electrons. The minimum atomic E-state index is -3.32. The lowest BCUT2D eigenvalue weighted by Gasteiger charge is -2.10. The summed E-state index contributed by atoms with van der Waals surface area (Å²) in [6, 6.07) is 1.63. The van der Waals surface area contributed by atoms with Gasteiger partial charge in [-0.3, -0.25) is 0 Å². The monoisotopic (exact) mass is 245 g/mol. The van der Waals surface area contributed by atoms with Gasteiger partial charge < -0.3 is 9.84 Å². The highest BCUT2D eigenvalue weighted by Gasteiger charge is 2.22. The molecule has 1 aromatic rings. The molecule has 7 heteroatoms. The Morgan fingerprint density at radius 3 is 3.06 bits per heavy atom. The fourth-order valence-corrected chi connectivity index (χ4v) is 3.05. The van der Waals surface area contributed by atoms with Crippen molar-refractivity contribution in [2.24, 2.45) is 0 Å². The number of aryl methyl sites for hydroxylation is 1. The number of aromatic nitrogens is 1. The zero-order chi connectivity index (χ0) is 11.6. The Balaban J connectivity index is 1.96. The zero-order valence-electron chi connectivity index (χ0n) is 9.06. The van der Waals surface area contributed by atoms with E-state index in [1.54, 1.807) is 13.0 Å². The fourth-order valence-electron chi connectivity index (χ4n) is 1.73. The maximum absolute atomic E-state index is 11.7. The Kier molecular flexibility index (Phi) is 3.27. The Labute approximate surface area is 94.4 Å². The average Bonchev–Trinajstić information content (AvgIpc) is 2.76. The van der Waals surface area contributed by atoms with Crippen LogP contribution in [0.25, 0.3) is 0 Å². The van der Waals surface area contributed by atoms with E-state index in [1.165, 1.54) is 0 Å². The number of sulfonamides is 1. The lowest BCUT2D eigenvalue weighted by atomic mass is 10.3. The van der Waals surface area contributed by atoms with Gasteiger partial charge in [0.2, 0.25) is 10.0 Å². The molecular weight excluding hydrogens is 230 g/mol. The van der Waals surface area contributed by atoms with E-state index < -0.39 is 10.0 Å². The first-order valence-electron chi connectivity index (χ1n) is 5.18. The normalized spacial score (nSPS) is 21.4. The van der Waals surface area contributed by atoms with Crippen molar-refractivity contribution in [3.05, 3.63) is 17.5 Å². The van der Waals surface area contributed by atoms with Gasteiger partial charge in [-0.15, -0.1) is 0 Å². The Morgan fingerprint density at radius 2 is 2.50 bits per heavy atom. The van der Waals surface area contributed by atoms with Crippen LogP contribution < -0.4 is 10.0 Å². The zero-order valence-corrected chi connectivity index (χ0v) is 9.88. The number of hydrogen-bond acceptors (Lipinski definition) is 5. The minimum Gasteiger partial charge on any atom is -0.361 e. The summed E-state index contributed by atoms with van der Waals surface area (Å²) in [5.41, 5.74) is 0.441. The van der Waals surface area contributed by atoms with Crippen LogP contribution in [0.4, 0.5) is 0 Å². The first kappa shape index (κ1) is 11.6. The molecule has 0 aliphatic carbocycles. The van der Waals surface area contributed by atoms with Gasteiger partial charge in [-0.2, -0.15) is 0 Å². The van der Waals surface area contributed by atoms with Gasteiger partial charge in [0.1, 0.15) is 17.2 Å². The van der Waals surface area contributed by atoms with Crippen LogP contribution in [0.2, 0.25) is 0 Å². The summed E-state index contributed by atoms with van der Waals surface area (Å²) in [5, 5.41) is 6.77. The molecule has 0 spiro atoms. The number of nitrogens with one attached hydrogen (secondary N) is 2. The van der Waals surface area contributed by atoms with E-state index in [0.717, 1.165) is 13.0 Å². The molecule has 90 valence electrons. The fraction of sp³-hybridized carbons (Fsp3) is 0.667. The molecule has 16 heavy (non-hydrogen) atoms. The molecule has 0 bridgehead atoms. The Hall–Kier alpha value is -0.920. The van der Waals surface area contributed by atoms with Crippen LogP contribution in [0.15, 0.2) is 10.6 Å². The molecular formula is C9H15N3O3S. The molecule has 1 fully saturated rings. The van der Waals surface area contributed by atoms with Crippen molar-refractivity contribution in [2.45, 2.75) is 25.1 Å². The smallest absolute Gasteiger partial charge is 0.217 e. The van der Waals surface area contributed by atoms with Crippen LogP contribution in [0.1, 0.15) is 17.9 Å². The second-order valence-electron chi connectivity index (χ2n) is 4.00. The third kappa shape index (κ3) is 3.03. The predicted octanol–water partition coefficient (Wildman–Crippen LogP) is -0.236. The number of rotatable bonds is 4. The summed E-state index contributed by atoms with van der Waals surface area (Å²) in [7, 11) is -3.32. The van der Waals surface area contributed by atoms with E-state index in [1.807, 2.05) is 0 Å². The average molecular weight is 245 g/mol. The molecule has 1 atom stereocenters. The third-order valence-corrected chi connectivity index (χ3v) is 3.79. The number of hydrogen-bond donors (Lipinski definition) is 2. The second kappa shape index (κ2) is 4.52. The highest BCUT2D eigenvalue weighted by atomic mass is 32.2. The summed E-state index contributed by atoms with van der Waals surface area (Å²) in [6.07, 6.45) is 0.830. The first-order valence-corrected chi connectivity index (χ1v) is 6.83. The molecule has 1 aliphatic rings. The molecule has 0 saturated carbocycles. The van der Waals surface area contributed by atoms with Crippen LogP contribution in [0.3, 0.4) is 0 Å². The molecule has 6 nitrogen and oxygen atoms in total. The maximum atomic E-state index is 11.7. The maximum Gasteiger partial charge on any atom is 0.217 e. The van der Waals surface area contributed by atoms with Gasteiger partial charge in [-0.1, -0.05) is 5.16 Å². The Bertz CT molecular complexity index is 448. The van der Waals surface area contributed by atoms with Crippen molar-refractivity contribution in [1.29, 1.82) is 0 Å². The van der Waals surface area contributed by atoms with E-state index in [9.17, 15) is 8.42 Å². The van der Waals surface area contributed by atoms with Gasteiger partial charge in [0, 0.05) is 18.7 Å².